The van der Waals surface area contributed by atoms with Crippen LogP contribution in [-0.4, -0.2) is 38.3 Å². The van der Waals surface area contributed by atoms with E-state index < -0.39 is 0 Å². The summed E-state index contributed by atoms with van der Waals surface area (Å²) in [5.74, 6) is 0. The summed E-state index contributed by atoms with van der Waals surface area (Å²) in [5, 5.41) is 2.51. The minimum atomic E-state index is 0. The zero-order chi connectivity index (χ0) is 13.6. The van der Waals surface area contributed by atoms with Gasteiger partial charge in [0.05, 0.1) is 0 Å². The van der Waals surface area contributed by atoms with Crippen molar-refractivity contribution in [2.24, 2.45) is 0 Å². The smallest absolute Gasteiger partial charge is 0.210 e. The maximum atomic E-state index is 3.15. The van der Waals surface area contributed by atoms with E-state index in [1.54, 1.807) is 0 Å². The van der Waals surface area contributed by atoms with Crippen LogP contribution in [0.25, 0.3) is 21.8 Å². The molecule has 0 atom stereocenters. The molecule has 0 aliphatic carbocycles. The molecule has 4 rings (SSSR count). The van der Waals surface area contributed by atoms with Gasteiger partial charge in [0.15, 0.2) is 12.4 Å². The summed E-state index contributed by atoms with van der Waals surface area (Å²) in [4.78, 5) is 6.30. The van der Waals surface area contributed by atoms with E-state index in [0.29, 0.717) is 0 Å². The monoisotopic (exact) mass is 488 g/mol. The van der Waals surface area contributed by atoms with Crippen LogP contribution in [0.15, 0.2) is 85.2 Å². The van der Waals surface area contributed by atoms with Gasteiger partial charge in [-0.1, -0.05) is 24.3 Å². The number of para-hydroxylation sites is 2. The number of hydrogen-bond acceptors (Lipinski definition) is 2. The molecule has 0 saturated heterocycles. The summed E-state index contributed by atoms with van der Waals surface area (Å²) < 4.78 is 0. The van der Waals surface area contributed by atoms with Crippen LogP contribution in [0, 0.1) is 0 Å². The van der Waals surface area contributed by atoms with Crippen molar-refractivity contribution in [2.75, 3.05) is 0 Å². The molecule has 0 aliphatic rings. The van der Waals surface area contributed by atoms with Crippen LogP contribution in [0.4, 0.5) is 0 Å². The van der Waals surface area contributed by atoms with Gasteiger partial charge in [-0.2, -0.15) is 0 Å². The molecule has 2 heterocycles. The molecule has 0 amide bonds. The van der Waals surface area contributed by atoms with Gasteiger partial charge in [0, 0.05) is 69.8 Å². The molecule has 0 aliphatic heterocycles. The number of benzene rings is 2. The summed E-state index contributed by atoms with van der Waals surface area (Å²) in [7, 11) is 0. The number of rotatable bonds is 0. The number of hydrogen-bond donors (Lipinski definition) is 0. The van der Waals surface area contributed by atoms with E-state index in [1.807, 2.05) is 48.8 Å². The maximum absolute atomic E-state index is 3.15. The maximum Gasteiger partial charge on any atom is 0.210 e. The normalized spacial score (nSPS) is 6.90. The van der Waals surface area contributed by atoms with Gasteiger partial charge >= 0.3 is 0 Å². The van der Waals surface area contributed by atoms with Crippen molar-refractivity contribution in [2.45, 2.75) is 0 Å². The quantitative estimate of drug-likeness (QED) is 0.297. The number of fused-ring (bicyclic) bond motifs is 2. The van der Waals surface area contributed by atoms with Gasteiger partial charge in [-0.15, -0.1) is 0 Å². The number of aromatic nitrogens is 2. The van der Waals surface area contributed by atoms with Crippen LogP contribution in [0.1, 0.15) is 0 Å². The van der Waals surface area contributed by atoms with Crippen LogP contribution in [0.2, 0.25) is 0 Å². The van der Waals surface area contributed by atoms with E-state index in [9.17, 15) is 0 Å². The average molecular weight is 488 g/mol. The summed E-state index contributed by atoms with van der Waals surface area (Å²) >= 11 is 0. The molecule has 0 fully saturated rings. The van der Waals surface area contributed by atoms with Crippen LogP contribution >= 0.6 is 0 Å². The Hall–Kier alpha value is -1.96. The molecule has 0 radical (unpaired) electrons. The third-order valence-corrected chi connectivity index (χ3v) is 3.14. The van der Waals surface area contributed by atoms with E-state index in [2.05, 4.69) is 46.4 Å². The number of pyridine rings is 2. The van der Waals surface area contributed by atoms with Gasteiger partial charge < -0.3 is 38.3 Å². The Morgan fingerprint density at radius 2 is 0.690 bits per heavy atom. The summed E-state index contributed by atoms with van der Waals surface area (Å²) in [6, 6.07) is 24.6. The van der Waals surface area contributed by atoms with E-state index >= 15 is 0 Å². The molecule has 9 nitrogen and oxygen atoms in total. The van der Waals surface area contributed by atoms with E-state index in [0.717, 1.165) is 0 Å². The van der Waals surface area contributed by atoms with Crippen molar-refractivity contribution >= 4 is 21.8 Å². The minimum absolute atomic E-state index is 0. The fourth-order valence-corrected chi connectivity index (χ4v) is 2.13. The van der Waals surface area contributed by atoms with Gasteiger partial charge in [0.1, 0.15) is 0 Å². The zero-order valence-electron chi connectivity index (χ0n) is 15.3. The molecule has 0 unspecified atom stereocenters. The third kappa shape index (κ3) is 13.0. The molecule has 0 bridgehead atoms. The first-order chi connectivity index (χ1) is 9.93. The fourth-order valence-electron chi connectivity index (χ4n) is 2.13. The first-order valence-corrected chi connectivity index (χ1v) is 6.64. The molecular weight excluding hydrogens is 460 g/mol. The van der Waals surface area contributed by atoms with Crippen molar-refractivity contribution in [1.82, 2.24) is 0 Å². The van der Waals surface area contributed by atoms with Crippen molar-refractivity contribution < 1.29 is 83.0 Å². The van der Waals surface area contributed by atoms with Crippen LogP contribution in [-0.2, 0) is 34.7 Å². The minimum Gasteiger partial charge on any atom is -0.870 e. The van der Waals surface area contributed by atoms with Gasteiger partial charge in [-0.25, -0.2) is 9.97 Å². The largest absolute Gasteiger partial charge is 0.870 e. The first-order valence-electron chi connectivity index (χ1n) is 6.64. The molecule has 164 valence electrons. The van der Waals surface area contributed by atoms with E-state index in [-0.39, 0.29) is 73.1 Å². The number of nitrogens with one attached hydrogen (secondary N) is 2. The summed E-state index contributed by atoms with van der Waals surface area (Å²) in [6.07, 6.45) is 3.87. The van der Waals surface area contributed by atoms with Gasteiger partial charge in [-0.05, 0) is 24.3 Å². The molecule has 0 spiro atoms. The second-order valence-electron chi connectivity index (χ2n) is 4.51. The average Bonchev–Trinajstić information content (AvgIpc) is 2.56. The van der Waals surface area contributed by atoms with E-state index in [4.69, 9.17) is 0 Å². The molecule has 4 aromatic rings. The Balaban J connectivity index is -0.0000000509. The molecule has 2 aromatic carbocycles. The first kappa shape index (κ1) is 45.7. The molecule has 11 heteroatoms. The summed E-state index contributed by atoms with van der Waals surface area (Å²) in [5.41, 5.74) is 2.37. The van der Waals surface area contributed by atoms with Crippen molar-refractivity contribution in [3.05, 3.63) is 85.2 Å². The van der Waals surface area contributed by atoms with Crippen LogP contribution < -0.4 is 9.97 Å². The predicted molar refractivity (Wildman–Crippen MR) is 103 cm³/mol. The van der Waals surface area contributed by atoms with Crippen molar-refractivity contribution in [3.8, 4) is 0 Å². The van der Waals surface area contributed by atoms with Crippen molar-refractivity contribution in [1.29, 1.82) is 0 Å². The number of aromatic amines is 2. The Labute approximate surface area is 189 Å². The Morgan fingerprint density at radius 1 is 0.414 bits per heavy atom. The molecule has 0 saturated carbocycles. The second-order valence-corrected chi connectivity index (χ2v) is 4.51. The molecule has 29 heavy (non-hydrogen) atoms. The van der Waals surface area contributed by atoms with E-state index in [1.165, 1.54) is 21.8 Å². The zero-order valence-corrected chi connectivity index (χ0v) is 17.8. The molecule has 2 aromatic heterocycles. The van der Waals surface area contributed by atoms with Crippen molar-refractivity contribution in [3.63, 3.8) is 0 Å². The van der Waals surface area contributed by atoms with Gasteiger partial charge in [0.25, 0.3) is 0 Å². The Kier molecular flexibility index (Phi) is 37.9. The van der Waals surface area contributed by atoms with Gasteiger partial charge in [0.2, 0.25) is 11.0 Å². The van der Waals surface area contributed by atoms with Gasteiger partial charge in [-0.3, -0.25) is 0 Å². The Bertz CT molecular complexity index is 655. The third-order valence-electron chi connectivity index (χ3n) is 3.14. The molecule has 14 N–H and O–H groups in total. The predicted octanol–water partition coefficient (Wildman–Crippen LogP) is -1.17. The SMILES string of the molecule is O.O.O.O.O.[Cr].[Cr].[OH-].[OH-].c1ccc2[nH+]cccc2c1.c1ccc2[nH+]cccc2c1. The fraction of sp³-hybridized carbons (Fsp3) is 0. The van der Waals surface area contributed by atoms with Crippen LogP contribution in [0.5, 0.6) is 0 Å². The topological polar surface area (TPSA) is 246 Å². The molecular formula is C18H28Cr2N2O7. The van der Waals surface area contributed by atoms with Crippen LogP contribution in [0.3, 0.4) is 0 Å². The summed E-state index contributed by atoms with van der Waals surface area (Å²) in [6.45, 7) is 0. The Morgan fingerprint density at radius 3 is 1.00 bits per heavy atom. The second kappa shape index (κ2) is 24.1. The standard InChI is InChI=1S/2C9H7N.2Cr.7H2O/c2*1-2-6-9-8(4-1)5-3-7-10-9;;;;;;;;;/h2*1-7H;;;7*1H2. The number of H-pyrrole nitrogens is 2.